The molecule has 12 aromatic carbocycles. The van der Waals surface area contributed by atoms with Crippen molar-refractivity contribution in [1.29, 1.82) is 0 Å². The van der Waals surface area contributed by atoms with Crippen molar-refractivity contribution in [2.24, 2.45) is 0 Å². The molecule has 6 saturated heterocycles. The predicted octanol–water partition coefficient (Wildman–Crippen LogP) is 16.4. The van der Waals surface area contributed by atoms with Gasteiger partial charge in [-0.05, 0) is 66.8 Å². The Bertz CT molecular complexity index is 5430. The summed E-state index contributed by atoms with van der Waals surface area (Å²) in [6, 6.07) is 118. The van der Waals surface area contributed by atoms with Crippen LogP contribution in [0.5, 0.6) is 0 Å². The third kappa shape index (κ3) is 28.1. The molecular formula is C114H122O25. The molecule has 25 nitrogen and oxygen atoms in total. The molecule has 0 unspecified atom stereocenters. The van der Waals surface area contributed by atoms with E-state index in [0.29, 0.717) is 0 Å². The van der Waals surface area contributed by atoms with Crippen LogP contribution in [0.15, 0.2) is 364 Å². The lowest BCUT2D eigenvalue weighted by Gasteiger charge is -2.33. The van der Waals surface area contributed by atoms with Gasteiger partial charge in [0, 0.05) is 0 Å². The molecule has 0 bridgehead atoms. The average Bonchev–Trinajstić information content (AvgIpc) is 1.61. The van der Waals surface area contributed by atoms with Crippen LogP contribution in [0.1, 0.15) is 66.8 Å². The monoisotopic (exact) mass is 1890 g/mol. The predicted molar refractivity (Wildman–Crippen MR) is 511 cm³/mol. The summed E-state index contributed by atoms with van der Waals surface area (Å²) in [6.07, 6.45) is -26.8. The molecule has 24 atom stereocenters. The first-order valence-electron chi connectivity index (χ1n) is 47.9. The molecule has 0 aromatic heterocycles. The summed E-state index contributed by atoms with van der Waals surface area (Å²) < 4.78 is 165. The van der Waals surface area contributed by atoms with Crippen molar-refractivity contribution in [2.75, 3.05) is 39.6 Å². The van der Waals surface area contributed by atoms with Crippen LogP contribution in [0.25, 0.3) is 0 Å². The Morgan fingerprint density at radius 1 is 0.158 bits per heavy atom. The Labute approximate surface area is 812 Å². The van der Waals surface area contributed by atoms with Gasteiger partial charge >= 0.3 is 0 Å². The number of hydrogen-bond donors (Lipinski definition) is 2. The molecule has 6 aliphatic heterocycles. The van der Waals surface area contributed by atoms with E-state index >= 15 is 0 Å². The zero-order valence-corrected chi connectivity index (χ0v) is 77.5. The maximum Gasteiger partial charge on any atom is 0.187 e. The van der Waals surface area contributed by atoms with Crippen LogP contribution in [0.2, 0.25) is 0 Å². The fourth-order valence-electron chi connectivity index (χ4n) is 18.0. The topological polar surface area (TPSA) is 253 Å². The van der Waals surface area contributed by atoms with E-state index in [-0.39, 0.29) is 119 Å². The van der Waals surface area contributed by atoms with Crippen LogP contribution in [-0.4, -0.2) is 197 Å². The van der Waals surface area contributed by atoms with Gasteiger partial charge in [0.2, 0.25) is 0 Å². The van der Waals surface area contributed by atoms with Crippen LogP contribution >= 0.6 is 0 Å². The van der Waals surface area contributed by atoms with E-state index in [1.165, 1.54) is 0 Å². The average molecular weight is 1890 g/mol. The largest absolute Gasteiger partial charge is 0.385 e. The SMILES string of the molecule is O[C@H]1[C@H](OCc2ccccc2)[C@@H](CO[C@H]2O[C@H](CO[C@H]3O[C@H](COCc4ccccc4)[C@@H](OCc4ccccc4)[C@@H]3O[C@@H]3O[C@H](COCc4ccccc4)[C@@H](OCc4ccccc4)[C@@H]3OCc3ccccc3)[C@@H](O[C@H]3O[C@H](COCc4ccccc4)[C@@H](OCc4ccccc4)[C@@H]3O[C@@H]3O[C@H](COCc4ccccc4)[C@@H](OCc4ccccc4)[C@@H]3OCc3ccccc3)[C@@H]2OCc2ccccc2)O[C@@H]1O. The lowest BCUT2D eigenvalue weighted by molar-refractivity contribution is -0.276. The van der Waals surface area contributed by atoms with Crippen molar-refractivity contribution >= 4 is 0 Å². The van der Waals surface area contributed by atoms with Crippen molar-refractivity contribution in [3.8, 4) is 0 Å². The van der Waals surface area contributed by atoms with Crippen molar-refractivity contribution in [1.82, 2.24) is 0 Å². The first-order chi connectivity index (χ1) is 68.7. The first-order valence-corrected chi connectivity index (χ1v) is 47.9. The molecule has 728 valence electrons. The summed E-state index contributed by atoms with van der Waals surface area (Å²) in [4.78, 5) is 0. The standard InChI is InChI=1S/C114H122O25/c115-97-98(121-65-83-45-21-5-22-46-83)95(131-109(97)116)77-129-110-106(128-72-90-59-35-12-36-60-90)103(137-114-108(102(125-69-87-53-29-9-30-54-87)94(136-114)76-120-64-82-43-19-4-20-44-82)139-113-105(127-71-89-57-33-11-34-58-89)100(123-67-85-49-25-7-26-50-85)92(135-113)74-118-62-80-39-15-2-16-40-80)96(133-110)78-130-111-107(101(124-68-86-51-27-8-28-52-86)93(132-111)75-119-63-81-41-17-3-18-42-81)138-112-104(126-70-88-55-31-10-32-56-88)99(122-66-84-47-23-6-24-48-84)91(134-112)73-117-61-79-37-13-1-14-38-79/h1-60,91-116H,61-78H2/t91-,92-,93-,94-,95-,96-,97+,98-,99-,100-,101-,102-,103-,104+,105+,106+,107+,108+,109+,110+,111+,112+,113+,114-/m1/s1. The zero-order valence-electron chi connectivity index (χ0n) is 77.5. The second-order valence-corrected chi connectivity index (χ2v) is 35.3. The highest BCUT2D eigenvalue weighted by molar-refractivity contribution is 5.23. The molecule has 18 rings (SSSR count). The fraction of sp³-hybridized carbons (Fsp3) is 0.368. The van der Waals surface area contributed by atoms with E-state index in [1.807, 2.05) is 364 Å². The van der Waals surface area contributed by atoms with Crippen LogP contribution in [0, 0.1) is 0 Å². The molecule has 12 aromatic rings. The quantitative estimate of drug-likeness (QED) is 0.0359. The van der Waals surface area contributed by atoms with Crippen molar-refractivity contribution < 1.29 is 119 Å². The maximum absolute atomic E-state index is 11.8. The minimum Gasteiger partial charge on any atom is -0.385 e. The van der Waals surface area contributed by atoms with E-state index in [1.54, 1.807) is 0 Å². The van der Waals surface area contributed by atoms with Crippen LogP contribution in [-0.2, 0) is 188 Å². The Morgan fingerprint density at radius 3 is 0.590 bits per heavy atom. The Morgan fingerprint density at radius 2 is 0.331 bits per heavy atom. The number of aliphatic hydroxyl groups excluding tert-OH is 2. The summed E-state index contributed by atoms with van der Waals surface area (Å²) in [5, 5.41) is 23.2. The summed E-state index contributed by atoms with van der Waals surface area (Å²) in [7, 11) is 0. The van der Waals surface area contributed by atoms with Gasteiger partial charge in [0.05, 0.1) is 119 Å². The van der Waals surface area contributed by atoms with Crippen molar-refractivity contribution in [2.45, 2.75) is 227 Å². The van der Waals surface area contributed by atoms with Gasteiger partial charge in [-0.3, -0.25) is 0 Å². The van der Waals surface area contributed by atoms with Crippen LogP contribution in [0.3, 0.4) is 0 Å². The van der Waals surface area contributed by atoms with Gasteiger partial charge in [0.1, 0.15) is 110 Å². The third-order valence-corrected chi connectivity index (χ3v) is 25.2. The molecule has 139 heavy (non-hydrogen) atoms. The van der Waals surface area contributed by atoms with Crippen LogP contribution < -0.4 is 0 Å². The van der Waals surface area contributed by atoms with E-state index in [4.69, 9.17) is 109 Å². The zero-order chi connectivity index (χ0) is 94.2. The van der Waals surface area contributed by atoms with Gasteiger partial charge in [-0.2, -0.15) is 0 Å². The number of hydrogen-bond acceptors (Lipinski definition) is 25. The number of rotatable bonds is 52. The Balaban J connectivity index is 0.735. The smallest absolute Gasteiger partial charge is 0.187 e. The van der Waals surface area contributed by atoms with Crippen molar-refractivity contribution in [3.05, 3.63) is 431 Å². The molecule has 0 amide bonds. The Kier molecular flexibility index (Phi) is 36.9. The highest BCUT2D eigenvalue weighted by Crippen LogP contribution is 2.43. The first kappa shape index (κ1) is 98.8. The molecule has 6 aliphatic rings. The van der Waals surface area contributed by atoms with Gasteiger partial charge in [-0.1, -0.05) is 364 Å². The molecule has 6 fully saturated rings. The molecule has 0 saturated carbocycles. The second-order valence-electron chi connectivity index (χ2n) is 35.3. The summed E-state index contributed by atoms with van der Waals surface area (Å²) >= 11 is 0. The molecule has 2 N–H and O–H groups in total. The van der Waals surface area contributed by atoms with Gasteiger partial charge < -0.3 is 119 Å². The van der Waals surface area contributed by atoms with Crippen LogP contribution in [0.4, 0.5) is 0 Å². The van der Waals surface area contributed by atoms with Gasteiger partial charge in [-0.15, -0.1) is 0 Å². The molecule has 0 aliphatic carbocycles. The normalized spacial score (nSPS) is 27.8. The van der Waals surface area contributed by atoms with E-state index in [9.17, 15) is 10.2 Å². The minimum absolute atomic E-state index is 0.000322. The van der Waals surface area contributed by atoms with Gasteiger partial charge in [-0.25, -0.2) is 0 Å². The Hall–Kier alpha value is -10.4. The maximum atomic E-state index is 11.8. The number of ether oxygens (including phenoxy) is 23. The minimum atomic E-state index is -1.64. The molecule has 0 radical (unpaired) electrons. The van der Waals surface area contributed by atoms with E-state index in [0.717, 1.165) is 66.8 Å². The van der Waals surface area contributed by atoms with E-state index in [2.05, 4.69) is 0 Å². The number of benzene rings is 12. The van der Waals surface area contributed by atoms with Gasteiger partial charge in [0.15, 0.2) is 37.7 Å². The lowest BCUT2D eigenvalue weighted by atomic mass is 10.1. The molecule has 6 heterocycles. The van der Waals surface area contributed by atoms with E-state index < -0.39 is 148 Å². The molecular weight excluding hydrogens is 1770 g/mol. The van der Waals surface area contributed by atoms with Gasteiger partial charge in [0.25, 0.3) is 0 Å². The summed E-state index contributed by atoms with van der Waals surface area (Å²) in [6.45, 7) is 1.41. The second kappa shape index (κ2) is 51.9. The number of aliphatic hydroxyl groups is 2. The fourth-order valence-corrected chi connectivity index (χ4v) is 18.0. The third-order valence-electron chi connectivity index (χ3n) is 25.2. The summed E-state index contributed by atoms with van der Waals surface area (Å²) in [5.74, 6) is 0. The van der Waals surface area contributed by atoms with Crippen molar-refractivity contribution in [3.63, 3.8) is 0 Å². The highest BCUT2D eigenvalue weighted by Gasteiger charge is 2.60. The lowest BCUT2D eigenvalue weighted by Crippen LogP contribution is -2.49. The molecule has 0 spiro atoms. The molecule has 25 heteroatoms. The highest BCUT2D eigenvalue weighted by atomic mass is 16.8. The summed E-state index contributed by atoms with van der Waals surface area (Å²) in [5.41, 5.74) is 10.8.